The van der Waals surface area contributed by atoms with Crippen LogP contribution in [0.4, 0.5) is 0 Å². The van der Waals surface area contributed by atoms with Gasteiger partial charge in [0, 0.05) is 24.0 Å². The Morgan fingerprint density at radius 2 is 1.96 bits per heavy atom. The minimum atomic E-state index is -0.113. The predicted molar refractivity (Wildman–Crippen MR) is 103 cm³/mol. The highest BCUT2D eigenvalue weighted by atomic mass is 35.5. The maximum atomic E-state index is 12.7. The standard InChI is InChI=1S/C20H21ClN4O/c1-14(2)19-18(13-24-25(19)17-7-5-16(21)6-8-17)20(26)23-11-9-15-4-3-10-22-12-15/h3-8,10,12-14H,9,11H2,1-2H3,(H,23,26). The maximum absolute atomic E-state index is 12.7. The van der Waals surface area contributed by atoms with Gasteiger partial charge in [0.05, 0.1) is 23.1 Å². The Kier molecular flexibility index (Phi) is 5.68. The van der Waals surface area contributed by atoms with E-state index >= 15 is 0 Å². The molecule has 0 spiro atoms. The highest BCUT2D eigenvalue weighted by Gasteiger charge is 2.20. The highest BCUT2D eigenvalue weighted by Crippen LogP contribution is 2.24. The van der Waals surface area contributed by atoms with Gasteiger partial charge in [-0.2, -0.15) is 5.10 Å². The van der Waals surface area contributed by atoms with E-state index in [9.17, 15) is 4.79 Å². The van der Waals surface area contributed by atoms with Crippen LogP contribution in [-0.4, -0.2) is 27.2 Å². The molecule has 1 N–H and O–H groups in total. The summed E-state index contributed by atoms with van der Waals surface area (Å²) in [5, 5.41) is 8.07. The maximum Gasteiger partial charge on any atom is 0.254 e. The first kappa shape index (κ1) is 18.1. The van der Waals surface area contributed by atoms with Crippen molar-refractivity contribution in [2.24, 2.45) is 0 Å². The summed E-state index contributed by atoms with van der Waals surface area (Å²) in [5.74, 6) is 0.0325. The average Bonchev–Trinajstić information content (AvgIpc) is 3.08. The molecule has 2 aromatic heterocycles. The van der Waals surface area contributed by atoms with Gasteiger partial charge in [0.25, 0.3) is 5.91 Å². The molecule has 3 rings (SSSR count). The summed E-state index contributed by atoms with van der Waals surface area (Å²) in [4.78, 5) is 16.7. The zero-order chi connectivity index (χ0) is 18.5. The van der Waals surface area contributed by atoms with Crippen molar-refractivity contribution in [1.82, 2.24) is 20.1 Å². The van der Waals surface area contributed by atoms with Gasteiger partial charge in [-0.3, -0.25) is 9.78 Å². The second kappa shape index (κ2) is 8.15. The van der Waals surface area contributed by atoms with Gasteiger partial charge in [-0.1, -0.05) is 31.5 Å². The molecular weight excluding hydrogens is 348 g/mol. The van der Waals surface area contributed by atoms with Crippen molar-refractivity contribution >= 4 is 17.5 Å². The van der Waals surface area contributed by atoms with Crippen LogP contribution in [-0.2, 0) is 6.42 Å². The molecule has 134 valence electrons. The van der Waals surface area contributed by atoms with Crippen LogP contribution in [0.5, 0.6) is 0 Å². The number of nitrogens with one attached hydrogen (secondary N) is 1. The van der Waals surface area contributed by atoms with E-state index in [0.29, 0.717) is 17.1 Å². The Morgan fingerprint density at radius 1 is 1.19 bits per heavy atom. The summed E-state index contributed by atoms with van der Waals surface area (Å²) in [6.07, 6.45) is 5.91. The first-order valence-electron chi connectivity index (χ1n) is 8.57. The molecule has 0 saturated carbocycles. The van der Waals surface area contributed by atoms with Crippen molar-refractivity contribution in [3.63, 3.8) is 0 Å². The Balaban J connectivity index is 1.76. The topological polar surface area (TPSA) is 59.8 Å². The minimum absolute atomic E-state index is 0.113. The Hall–Kier alpha value is -2.66. The number of hydrogen-bond acceptors (Lipinski definition) is 3. The van der Waals surface area contributed by atoms with Gasteiger partial charge in [-0.25, -0.2) is 4.68 Å². The van der Waals surface area contributed by atoms with Crippen LogP contribution < -0.4 is 5.32 Å². The first-order valence-corrected chi connectivity index (χ1v) is 8.95. The number of carbonyl (C=O) groups excluding carboxylic acids is 1. The monoisotopic (exact) mass is 368 g/mol. The Morgan fingerprint density at radius 3 is 2.62 bits per heavy atom. The van der Waals surface area contributed by atoms with Gasteiger partial charge in [-0.05, 0) is 48.2 Å². The third-order valence-corrected chi connectivity index (χ3v) is 4.34. The summed E-state index contributed by atoms with van der Waals surface area (Å²) in [6, 6.07) is 11.3. The van der Waals surface area contributed by atoms with Gasteiger partial charge >= 0.3 is 0 Å². The van der Waals surface area contributed by atoms with Gasteiger partial charge in [0.15, 0.2) is 0 Å². The second-order valence-electron chi connectivity index (χ2n) is 6.35. The largest absolute Gasteiger partial charge is 0.352 e. The van der Waals surface area contributed by atoms with Crippen LogP contribution in [0.3, 0.4) is 0 Å². The molecule has 5 nitrogen and oxygen atoms in total. The van der Waals surface area contributed by atoms with E-state index in [-0.39, 0.29) is 11.8 Å². The van der Waals surface area contributed by atoms with Gasteiger partial charge < -0.3 is 5.32 Å². The number of nitrogens with zero attached hydrogens (tertiary/aromatic N) is 3. The van der Waals surface area contributed by atoms with Crippen molar-refractivity contribution in [3.8, 4) is 5.69 Å². The van der Waals surface area contributed by atoms with E-state index in [4.69, 9.17) is 11.6 Å². The molecule has 0 aliphatic carbocycles. The summed E-state index contributed by atoms with van der Waals surface area (Å²) >= 11 is 5.97. The summed E-state index contributed by atoms with van der Waals surface area (Å²) < 4.78 is 1.80. The van der Waals surface area contributed by atoms with E-state index in [1.54, 1.807) is 17.1 Å². The summed E-state index contributed by atoms with van der Waals surface area (Å²) in [5.41, 5.74) is 3.45. The molecule has 3 aromatic rings. The Labute approximate surface area is 158 Å². The second-order valence-corrected chi connectivity index (χ2v) is 6.79. The molecule has 0 aliphatic rings. The molecule has 6 heteroatoms. The minimum Gasteiger partial charge on any atom is -0.352 e. The van der Waals surface area contributed by atoms with Crippen LogP contribution >= 0.6 is 11.6 Å². The van der Waals surface area contributed by atoms with E-state index in [2.05, 4.69) is 29.2 Å². The lowest BCUT2D eigenvalue weighted by molar-refractivity contribution is 0.0952. The predicted octanol–water partition coefficient (Wildman–Crippen LogP) is 4.02. The summed E-state index contributed by atoms with van der Waals surface area (Å²) in [6.45, 7) is 4.65. The molecule has 0 atom stereocenters. The lowest BCUT2D eigenvalue weighted by Gasteiger charge is -2.13. The molecule has 1 aromatic carbocycles. The van der Waals surface area contributed by atoms with E-state index in [1.807, 2.05) is 42.6 Å². The number of carbonyl (C=O) groups is 1. The van der Waals surface area contributed by atoms with E-state index in [0.717, 1.165) is 23.4 Å². The van der Waals surface area contributed by atoms with Crippen molar-refractivity contribution in [2.45, 2.75) is 26.2 Å². The molecule has 0 radical (unpaired) electrons. The number of halogens is 1. The number of rotatable bonds is 6. The normalized spacial score (nSPS) is 10.9. The first-order chi connectivity index (χ1) is 12.6. The van der Waals surface area contributed by atoms with Crippen molar-refractivity contribution in [2.75, 3.05) is 6.54 Å². The van der Waals surface area contributed by atoms with Gasteiger partial charge in [0.1, 0.15) is 0 Å². The summed E-state index contributed by atoms with van der Waals surface area (Å²) in [7, 11) is 0. The number of amides is 1. The number of benzene rings is 1. The van der Waals surface area contributed by atoms with Crippen LogP contribution in [0.2, 0.25) is 5.02 Å². The molecule has 26 heavy (non-hydrogen) atoms. The highest BCUT2D eigenvalue weighted by molar-refractivity contribution is 6.30. The smallest absolute Gasteiger partial charge is 0.254 e. The fourth-order valence-electron chi connectivity index (χ4n) is 2.84. The molecule has 1 amide bonds. The van der Waals surface area contributed by atoms with Gasteiger partial charge in [-0.15, -0.1) is 0 Å². The van der Waals surface area contributed by atoms with Crippen LogP contribution in [0.15, 0.2) is 55.0 Å². The fraction of sp³-hybridized carbons (Fsp3) is 0.250. The Bertz CT molecular complexity index is 873. The van der Waals surface area contributed by atoms with Crippen molar-refractivity contribution < 1.29 is 4.79 Å². The SMILES string of the molecule is CC(C)c1c(C(=O)NCCc2cccnc2)cnn1-c1ccc(Cl)cc1. The molecule has 2 heterocycles. The molecule has 0 aliphatic heterocycles. The third kappa shape index (κ3) is 4.11. The number of pyridine rings is 1. The van der Waals surface area contributed by atoms with Gasteiger partial charge in [0.2, 0.25) is 0 Å². The van der Waals surface area contributed by atoms with Crippen molar-refractivity contribution in [3.05, 3.63) is 76.8 Å². The van der Waals surface area contributed by atoms with E-state index < -0.39 is 0 Å². The average molecular weight is 369 g/mol. The van der Waals surface area contributed by atoms with Crippen LogP contribution in [0.25, 0.3) is 5.69 Å². The zero-order valence-electron chi connectivity index (χ0n) is 14.8. The lowest BCUT2D eigenvalue weighted by atomic mass is 10.0. The molecule has 0 bridgehead atoms. The molecular formula is C20H21ClN4O. The van der Waals surface area contributed by atoms with Crippen LogP contribution in [0, 0.1) is 0 Å². The third-order valence-electron chi connectivity index (χ3n) is 4.09. The number of aromatic nitrogens is 3. The lowest BCUT2D eigenvalue weighted by Crippen LogP contribution is -2.26. The molecule has 0 unspecified atom stereocenters. The molecule has 0 fully saturated rings. The van der Waals surface area contributed by atoms with E-state index in [1.165, 1.54) is 0 Å². The fourth-order valence-corrected chi connectivity index (χ4v) is 2.96. The van der Waals surface area contributed by atoms with Crippen LogP contribution in [0.1, 0.15) is 41.4 Å². The molecule has 0 saturated heterocycles. The zero-order valence-corrected chi connectivity index (χ0v) is 15.6. The number of hydrogen-bond donors (Lipinski definition) is 1. The quantitative estimate of drug-likeness (QED) is 0.715. The van der Waals surface area contributed by atoms with Crippen molar-refractivity contribution in [1.29, 1.82) is 0 Å².